The summed E-state index contributed by atoms with van der Waals surface area (Å²) in [5, 5.41) is 6.72. The van der Waals surface area contributed by atoms with Crippen LogP contribution in [0.5, 0.6) is 11.5 Å². The molecule has 3 rings (SSSR count). The van der Waals surface area contributed by atoms with Crippen LogP contribution in [0.3, 0.4) is 0 Å². The van der Waals surface area contributed by atoms with Crippen LogP contribution in [0.25, 0.3) is 0 Å². The van der Waals surface area contributed by atoms with Gasteiger partial charge in [-0.25, -0.2) is 4.99 Å². The summed E-state index contributed by atoms with van der Waals surface area (Å²) in [4.78, 5) is 18.7. The summed E-state index contributed by atoms with van der Waals surface area (Å²) in [7, 11) is 3.28. The first-order chi connectivity index (χ1) is 15.6. The molecule has 0 aromatic heterocycles. The molecule has 1 fully saturated rings. The highest BCUT2D eigenvalue weighted by atomic mass is 16.5. The number of benzene rings is 2. The molecule has 1 saturated heterocycles. The van der Waals surface area contributed by atoms with Gasteiger partial charge in [0, 0.05) is 32.6 Å². The maximum atomic E-state index is 12.0. The molecule has 0 radical (unpaired) electrons. The van der Waals surface area contributed by atoms with E-state index in [-0.39, 0.29) is 5.91 Å². The zero-order valence-electron chi connectivity index (χ0n) is 19.3. The molecule has 1 aliphatic heterocycles. The lowest BCUT2D eigenvalue weighted by atomic mass is 10.1. The number of methoxy groups -OCH3 is 2. The van der Waals surface area contributed by atoms with E-state index < -0.39 is 0 Å². The summed E-state index contributed by atoms with van der Waals surface area (Å²) >= 11 is 0. The van der Waals surface area contributed by atoms with Crippen molar-refractivity contribution < 1.29 is 14.3 Å². The van der Waals surface area contributed by atoms with Gasteiger partial charge in [0.05, 0.1) is 20.8 Å². The molecule has 2 aromatic carbocycles. The Hall–Kier alpha value is -3.22. The molecular formula is C25H34N4O3. The number of ether oxygens (including phenoxy) is 2. The van der Waals surface area contributed by atoms with Crippen LogP contribution in [0.1, 0.15) is 36.5 Å². The molecule has 0 saturated carbocycles. The molecular weight excluding hydrogens is 404 g/mol. The monoisotopic (exact) mass is 438 g/mol. The van der Waals surface area contributed by atoms with Crippen LogP contribution in [-0.2, 0) is 24.3 Å². The van der Waals surface area contributed by atoms with Crippen molar-refractivity contribution in [3.05, 3.63) is 59.2 Å². The van der Waals surface area contributed by atoms with Crippen LogP contribution in [-0.4, -0.2) is 50.6 Å². The lowest BCUT2D eigenvalue weighted by Crippen LogP contribution is -2.38. The van der Waals surface area contributed by atoms with E-state index in [1.807, 2.05) is 35.2 Å². The standard InChI is InChI=1S/C25H34N4O3/c1-4-26-25(27-14-13-19-11-12-22(31-2)23(16-19)32-3)28-17-20-8-5-6-9-21(20)18-29-15-7-10-24(29)30/h5-6,8-9,11-12,16H,4,7,10,13-15,17-18H2,1-3H3,(H2,26,27,28). The number of likely N-dealkylation sites (tertiary alicyclic amines) is 1. The van der Waals surface area contributed by atoms with Crippen molar-refractivity contribution >= 4 is 11.9 Å². The van der Waals surface area contributed by atoms with Crippen LogP contribution in [0.4, 0.5) is 0 Å². The summed E-state index contributed by atoms with van der Waals surface area (Å²) in [6, 6.07) is 14.2. The predicted octanol–water partition coefficient (Wildman–Crippen LogP) is 3.12. The number of nitrogens with zero attached hydrogens (tertiary/aromatic N) is 2. The minimum atomic E-state index is 0.244. The van der Waals surface area contributed by atoms with Gasteiger partial charge in [-0.05, 0) is 48.6 Å². The summed E-state index contributed by atoms with van der Waals surface area (Å²) in [5.74, 6) is 2.49. The Kier molecular flexibility index (Phi) is 8.78. The van der Waals surface area contributed by atoms with Gasteiger partial charge >= 0.3 is 0 Å². The predicted molar refractivity (Wildman–Crippen MR) is 127 cm³/mol. The molecule has 2 aromatic rings. The number of amides is 1. The Morgan fingerprint density at radius 1 is 1.06 bits per heavy atom. The van der Waals surface area contributed by atoms with E-state index in [1.165, 1.54) is 0 Å². The third-order valence-corrected chi connectivity index (χ3v) is 5.56. The van der Waals surface area contributed by atoms with Crippen molar-refractivity contribution in [3.8, 4) is 11.5 Å². The van der Waals surface area contributed by atoms with E-state index in [4.69, 9.17) is 14.5 Å². The molecule has 1 amide bonds. The van der Waals surface area contributed by atoms with Crippen LogP contribution < -0.4 is 20.1 Å². The Morgan fingerprint density at radius 2 is 1.84 bits per heavy atom. The van der Waals surface area contributed by atoms with Crippen LogP contribution in [0.15, 0.2) is 47.5 Å². The fraction of sp³-hybridized carbons (Fsp3) is 0.440. The Bertz CT molecular complexity index is 929. The SMILES string of the molecule is CCNC(=NCc1ccccc1CN1CCCC1=O)NCCc1ccc(OC)c(OC)c1. The molecule has 0 spiro atoms. The van der Waals surface area contributed by atoms with E-state index in [9.17, 15) is 4.79 Å². The van der Waals surface area contributed by atoms with Gasteiger partial charge in [0.2, 0.25) is 5.91 Å². The summed E-state index contributed by atoms with van der Waals surface area (Å²) in [6.45, 7) is 5.64. The van der Waals surface area contributed by atoms with Crippen molar-refractivity contribution in [1.29, 1.82) is 0 Å². The van der Waals surface area contributed by atoms with Crippen molar-refractivity contribution in [2.75, 3.05) is 33.9 Å². The molecule has 7 heteroatoms. The van der Waals surface area contributed by atoms with Crippen molar-refractivity contribution in [2.24, 2.45) is 4.99 Å². The highest BCUT2D eigenvalue weighted by Gasteiger charge is 2.20. The highest BCUT2D eigenvalue weighted by Crippen LogP contribution is 2.27. The molecule has 32 heavy (non-hydrogen) atoms. The van der Waals surface area contributed by atoms with E-state index in [2.05, 4.69) is 29.7 Å². The topological polar surface area (TPSA) is 75.2 Å². The molecule has 0 unspecified atom stereocenters. The minimum Gasteiger partial charge on any atom is -0.493 e. The maximum absolute atomic E-state index is 12.0. The van der Waals surface area contributed by atoms with Crippen molar-refractivity contribution in [3.63, 3.8) is 0 Å². The van der Waals surface area contributed by atoms with Crippen LogP contribution in [0.2, 0.25) is 0 Å². The number of hydrogen-bond acceptors (Lipinski definition) is 4. The number of guanidine groups is 1. The second-order valence-electron chi connectivity index (χ2n) is 7.75. The number of hydrogen-bond donors (Lipinski definition) is 2. The lowest BCUT2D eigenvalue weighted by Gasteiger charge is -2.18. The number of nitrogens with one attached hydrogen (secondary N) is 2. The fourth-order valence-corrected chi connectivity index (χ4v) is 3.81. The van der Waals surface area contributed by atoms with Gasteiger partial charge < -0.3 is 25.0 Å². The Morgan fingerprint density at radius 3 is 2.53 bits per heavy atom. The van der Waals surface area contributed by atoms with E-state index in [1.54, 1.807) is 14.2 Å². The number of rotatable bonds is 10. The number of aliphatic imine (C=N–C) groups is 1. The molecule has 0 aliphatic carbocycles. The largest absolute Gasteiger partial charge is 0.493 e. The summed E-state index contributed by atoms with van der Waals surface area (Å²) in [5.41, 5.74) is 3.46. The third kappa shape index (κ3) is 6.39. The van der Waals surface area contributed by atoms with E-state index >= 15 is 0 Å². The van der Waals surface area contributed by atoms with Gasteiger partial charge in [-0.15, -0.1) is 0 Å². The molecule has 7 nitrogen and oxygen atoms in total. The second kappa shape index (κ2) is 12.0. The molecule has 1 aliphatic rings. The lowest BCUT2D eigenvalue weighted by molar-refractivity contribution is -0.128. The first-order valence-electron chi connectivity index (χ1n) is 11.2. The zero-order valence-corrected chi connectivity index (χ0v) is 19.3. The van der Waals surface area contributed by atoms with Gasteiger partial charge in [0.25, 0.3) is 0 Å². The maximum Gasteiger partial charge on any atom is 0.222 e. The zero-order chi connectivity index (χ0) is 22.8. The Labute approximate surface area is 190 Å². The van der Waals surface area contributed by atoms with Gasteiger partial charge in [-0.2, -0.15) is 0 Å². The highest BCUT2D eigenvalue weighted by molar-refractivity contribution is 5.80. The molecule has 0 bridgehead atoms. The number of carbonyl (C=O) groups is 1. The quantitative estimate of drug-likeness (QED) is 0.440. The van der Waals surface area contributed by atoms with Gasteiger partial charge in [0.15, 0.2) is 17.5 Å². The average molecular weight is 439 g/mol. The number of carbonyl (C=O) groups excluding carboxylic acids is 1. The second-order valence-corrected chi connectivity index (χ2v) is 7.75. The normalized spacial score (nSPS) is 13.9. The average Bonchev–Trinajstić information content (AvgIpc) is 3.22. The first-order valence-corrected chi connectivity index (χ1v) is 11.2. The van der Waals surface area contributed by atoms with E-state index in [0.717, 1.165) is 66.6 Å². The van der Waals surface area contributed by atoms with Gasteiger partial charge in [-0.3, -0.25) is 4.79 Å². The van der Waals surface area contributed by atoms with E-state index in [0.29, 0.717) is 19.5 Å². The van der Waals surface area contributed by atoms with Gasteiger partial charge in [-0.1, -0.05) is 30.3 Å². The molecule has 1 heterocycles. The molecule has 0 atom stereocenters. The van der Waals surface area contributed by atoms with Crippen molar-refractivity contribution in [2.45, 2.75) is 39.3 Å². The molecule has 2 N–H and O–H groups in total. The smallest absolute Gasteiger partial charge is 0.222 e. The summed E-state index contributed by atoms with van der Waals surface area (Å²) in [6.07, 6.45) is 2.45. The first kappa shape index (κ1) is 23.4. The minimum absolute atomic E-state index is 0.244. The fourth-order valence-electron chi connectivity index (χ4n) is 3.81. The molecule has 172 valence electrons. The Balaban J connectivity index is 1.60. The van der Waals surface area contributed by atoms with Crippen LogP contribution in [0, 0.1) is 0 Å². The third-order valence-electron chi connectivity index (χ3n) is 5.56. The van der Waals surface area contributed by atoms with Crippen molar-refractivity contribution in [1.82, 2.24) is 15.5 Å². The van der Waals surface area contributed by atoms with Gasteiger partial charge in [0.1, 0.15) is 0 Å². The summed E-state index contributed by atoms with van der Waals surface area (Å²) < 4.78 is 10.7. The van der Waals surface area contributed by atoms with Crippen LogP contribution >= 0.6 is 0 Å².